The number of piperidine rings is 1. The Balaban J connectivity index is 1.94. The quantitative estimate of drug-likeness (QED) is 0.463. The smallest absolute Gasteiger partial charge is 0.188 e. The van der Waals surface area contributed by atoms with Crippen LogP contribution in [0.25, 0.3) is 0 Å². The highest BCUT2D eigenvalue weighted by molar-refractivity contribution is 5.78. The Morgan fingerprint density at radius 2 is 2.21 bits per heavy atom. The monoisotopic (exact) mass is 196 g/mol. The Bertz CT molecular complexity index is 226. The van der Waals surface area contributed by atoms with Gasteiger partial charge in [0, 0.05) is 25.7 Å². The van der Waals surface area contributed by atoms with E-state index in [-0.39, 0.29) is 0 Å². The van der Waals surface area contributed by atoms with Crippen LogP contribution in [0, 0.1) is 0 Å². The standard InChI is InChI=1S/C10H20N4/c1-12-10(11)13-8-5-7-14-6-3-2-4-9(8)14/h8-9H,2-7H2,1H3,(H3,11,12,13). The molecule has 2 atom stereocenters. The van der Waals surface area contributed by atoms with Gasteiger partial charge in [-0.05, 0) is 25.8 Å². The van der Waals surface area contributed by atoms with Crippen molar-refractivity contribution in [2.75, 3.05) is 20.1 Å². The van der Waals surface area contributed by atoms with Crippen LogP contribution >= 0.6 is 0 Å². The van der Waals surface area contributed by atoms with Crippen molar-refractivity contribution in [3.8, 4) is 0 Å². The molecule has 0 spiro atoms. The molecule has 14 heavy (non-hydrogen) atoms. The van der Waals surface area contributed by atoms with Crippen molar-refractivity contribution in [1.82, 2.24) is 10.2 Å². The second-order valence-electron chi connectivity index (χ2n) is 4.25. The van der Waals surface area contributed by atoms with Crippen molar-refractivity contribution in [1.29, 1.82) is 0 Å². The maximum atomic E-state index is 5.69. The van der Waals surface area contributed by atoms with Crippen LogP contribution in [0.2, 0.25) is 0 Å². The van der Waals surface area contributed by atoms with Crippen molar-refractivity contribution in [3.05, 3.63) is 0 Å². The molecule has 0 radical (unpaired) electrons. The van der Waals surface area contributed by atoms with Gasteiger partial charge in [0.1, 0.15) is 0 Å². The predicted molar refractivity (Wildman–Crippen MR) is 58.3 cm³/mol. The molecular formula is C10H20N4. The molecule has 3 N–H and O–H groups in total. The number of hydrogen-bond donors (Lipinski definition) is 2. The number of rotatable bonds is 1. The van der Waals surface area contributed by atoms with Crippen LogP contribution in [0.4, 0.5) is 0 Å². The van der Waals surface area contributed by atoms with Crippen molar-refractivity contribution in [3.63, 3.8) is 0 Å². The van der Waals surface area contributed by atoms with Gasteiger partial charge in [-0.1, -0.05) is 6.42 Å². The first-order valence-electron chi connectivity index (χ1n) is 5.54. The normalized spacial score (nSPS) is 34.2. The Hall–Kier alpha value is -0.770. The number of aliphatic imine (C=N–C) groups is 1. The van der Waals surface area contributed by atoms with E-state index in [1.54, 1.807) is 7.05 Å². The molecule has 2 saturated heterocycles. The molecule has 0 aromatic heterocycles. The number of guanidine groups is 1. The molecule has 2 aliphatic rings. The SMILES string of the molecule is CN=C(N)NC1CCN2CCCCC12. The lowest BCUT2D eigenvalue weighted by Crippen LogP contribution is -2.48. The van der Waals surface area contributed by atoms with Crippen molar-refractivity contribution >= 4 is 5.96 Å². The molecule has 0 aromatic carbocycles. The van der Waals surface area contributed by atoms with Crippen LogP contribution in [-0.2, 0) is 0 Å². The van der Waals surface area contributed by atoms with Crippen molar-refractivity contribution in [2.45, 2.75) is 37.8 Å². The van der Waals surface area contributed by atoms with E-state index in [4.69, 9.17) is 5.73 Å². The lowest BCUT2D eigenvalue weighted by molar-refractivity contribution is 0.185. The summed E-state index contributed by atoms with van der Waals surface area (Å²) in [6, 6.07) is 1.23. The molecule has 2 unspecified atom stereocenters. The van der Waals surface area contributed by atoms with Gasteiger partial charge in [0.25, 0.3) is 0 Å². The highest BCUT2D eigenvalue weighted by Crippen LogP contribution is 2.26. The van der Waals surface area contributed by atoms with Gasteiger partial charge in [0.2, 0.25) is 0 Å². The third-order valence-corrected chi connectivity index (χ3v) is 3.43. The average molecular weight is 196 g/mol. The first-order valence-corrected chi connectivity index (χ1v) is 5.54. The zero-order chi connectivity index (χ0) is 9.97. The molecule has 0 amide bonds. The summed E-state index contributed by atoms with van der Waals surface area (Å²) in [5.74, 6) is 0.586. The first-order chi connectivity index (χ1) is 6.81. The average Bonchev–Trinajstić information content (AvgIpc) is 2.62. The van der Waals surface area contributed by atoms with Gasteiger partial charge in [0.15, 0.2) is 5.96 Å². The summed E-state index contributed by atoms with van der Waals surface area (Å²) in [6.45, 7) is 2.49. The van der Waals surface area contributed by atoms with E-state index in [1.807, 2.05) is 0 Å². The minimum absolute atomic E-state index is 0.527. The summed E-state index contributed by atoms with van der Waals surface area (Å²) in [5.41, 5.74) is 5.69. The third kappa shape index (κ3) is 1.85. The molecule has 4 heteroatoms. The summed E-state index contributed by atoms with van der Waals surface area (Å²) in [7, 11) is 1.73. The van der Waals surface area contributed by atoms with E-state index in [0.717, 1.165) is 0 Å². The van der Waals surface area contributed by atoms with E-state index in [2.05, 4.69) is 15.2 Å². The van der Waals surface area contributed by atoms with Gasteiger partial charge in [-0.25, -0.2) is 0 Å². The van der Waals surface area contributed by atoms with Crippen molar-refractivity contribution in [2.24, 2.45) is 10.7 Å². The Morgan fingerprint density at radius 1 is 1.36 bits per heavy atom. The number of nitrogens with one attached hydrogen (secondary N) is 1. The van der Waals surface area contributed by atoms with Gasteiger partial charge in [-0.2, -0.15) is 0 Å². The van der Waals surface area contributed by atoms with Gasteiger partial charge < -0.3 is 11.1 Å². The number of fused-ring (bicyclic) bond motifs is 1. The van der Waals surface area contributed by atoms with Gasteiger partial charge in [0.05, 0.1) is 0 Å². The highest BCUT2D eigenvalue weighted by atomic mass is 15.2. The third-order valence-electron chi connectivity index (χ3n) is 3.43. The van der Waals surface area contributed by atoms with Crippen LogP contribution in [0.5, 0.6) is 0 Å². The summed E-state index contributed by atoms with van der Waals surface area (Å²) >= 11 is 0. The second kappa shape index (κ2) is 4.17. The van der Waals surface area contributed by atoms with Gasteiger partial charge in [-0.3, -0.25) is 9.89 Å². The highest BCUT2D eigenvalue weighted by Gasteiger charge is 2.35. The summed E-state index contributed by atoms with van der Waals surface area (Å²) in [5, 5.41) is 3.31. The van der Waals surface area contributed by atoms with Crippen LogP contribution in [0.15, 0.2) is 4.99 Å². The predicted octanol–water partition coefficient (Wildman–Crippen LogP) is 0.147. The Morgan fingerprint density at radius 3 is 3.00 bits per heavy atom. The topological polar surface area (TPSA) is 53.6 Å². The van der Waals surface area contributed by atoms with Gasteiger partial charge in [-0.15, -0.1) is 0 Å². The van der Waals surface area contributed by atoms with E-state index in [1.165, 1.54) is 38.8 Å². The Labute approximate surface area is 85.6 Å². The first kappa shape index (κ1) is 9.77. The van der Waals surface area contributed by atoms with E-state index >= 15 is 0 Å². The second-order valence-corrected chi connectivity index (χ2v) is 4.25. The van der Waals surface area contributed by atoms with Crippen LogP contribution < -0.4 is 11.1 Å². The van der Waals surface area contributed by atoms with Crippen LogP contribution in [0.3, 0.4) is 0 Å². The fourth-order valence-corrected chi connectivity index (χ4v) is 2.67. The van der Waals surface area contributed by atoms with E-state index in [0.29, 0.717) is 18.0 Å². The largest absolute Gasteiger partial charge is 0.370 e. The maximum absolute atomic E-state index is 5.69. The van der Waals surface area contributed by atoms with Crippen LogP contribution in [-0.4, -0.2) is 43.1 Å². The molecule has 0 bridgehead atoms. The van der Waals surface area contributed by atoms with E-state index in [9.17, 15) is 0 Å². The number of hydrogen-bond acceptors (Lipinski definition) is 2. The minimum atomic E-state index is 0.527. The molecule has 2 heterocycles. The molecule has 2 fully saturated rings. The molecule has 2 rings (SSSR count). The van der Waals surface area contributed by atoms with Crippen LogP contribution in [0.1, 0.15) is 25.7 Å². The zero-order valence-corrected chi connectivity index (χ0v) is 8.87. The molecule has 80 valence electrons. The molecule has 2 aliphatic heterocycles. The summed E-state index contributed by atoms with van der Waals surface area (Å²) in [6.07, 6.45) is 5.25. The number of nitrogens with two attached hydrogens (primary N) is 1. The molecule has 0 aliphatic carbocycles. The minimum Gasteiger partial charge on any atom is -0.370 e. The lowest BCUT2D eigenvalue weighted by Gasteiger charge is -2.32. The molecule has 4 nitrogen and oxygen atoms in total. The fraction of sp³-hybridized carbons (Fsp3) is 0.900. The molecular weight excluding hydrogens is 176 g/mol. The summed E-state index contributed by atoms with van der Waals surface area (Å²) in [4.78, 5) is 6.54. The fourth-order valence-electron chi connectivity index (χ4n) is 2.67. The number of nitrogens with zero attached hydrogens (tertiary/aromatic N) is 2. The summed E-state index contributed by atoms with van der Waals surface area (Å²) < 4.78 is 0. The van der Waals surface area contributed by atoms with Crippen molar-refractivity contribution < 1.29 is 0 Å². The molecule has 0 aromatic rings. The lowest BCUT2D eigenvalue weighted by atomic mass is 9.99. The Kier molecular flexibility index (Phi) is 2.91. The maximum Gasteiger partial charge on any atom is 0.188 e. The zero-order valence-electron chi connectivity index (χ0n) is 8.87. The molecule has 0 saturated carbocycles. The van der Waals surface area contributed by atoms with Gasteiger partial charge >= 0.3 is 0 Å². The van der Waals surface area contributed by atoms with E-state index < -0.39 is 0 Å².